The maximum Gasteiger partial charge on any atom is 0.267 e. The number of hydroxylamine groups is 1. The molecule has 1 aliphatic heterocycles. The number of anilines is 1. The summed E-state index contributed by atoms with van der Waals surface area (Å²) in [6, 6.07) is 10.8. The molecule has 2 heterocycles. The van der Waals surface area contributed by atoms with Gasteiger partial charge in [0, 0.05) is 43.5 Å². The van der Waals surface area contributed by atoms with E-state index < -0.39 is 5.91 Å². The number of hydrogen-bond acceptors (Lipinski definition) is 5. The maximum absolute atomic E-state index is 13.8. The van der Waals surface area contributed by atoms with Gasteiger partial charge in [-0.1, -0.05) is 18.2 Å². The Balaban J connectivity index is 1.51. The van der Waals surface area contributed by atoms with Crippen LogP contribution in [0.25, 0.3) is 6.08 Å². The summed E-state index contributed by atoms with van der Waals surface area (Å²) >= 11 is 0. The first-order chi connectivity index (χ1) is 12.6. The lowest BCUT2D eigenvalue weighted by Gasteiger charge is -2.17. The number of pyridine rings is 1. The van der Waals surface area contributed by atoms with E-state index >= 15 is 0 Å². The molecule has 7 heteroatoms. The Kier molecular flexibility index (Phi) is 5.93. The monoisotopic (exact) mass is 356 g/mol. The van der Waals surface area contributed by atoms with Crippen molar-refractivity contribution in [3.8, 4) is 0 Å². The van der Waals surface area contributed by atoms with Gasteiger partial charge >= 0.3 is 0 Å². The quantitative estimate of drug-likeness (QED) is 0.421. The van der Waals surface area contributed by atoms with Crippen molar-refractivity contribution in [1.29, 1.82) is 0 Å². The number of rotatable bonds is 6. The number of hydrogen-bond donors (Lipinski definition) is 3. The van der Waals surface area contributed by atoms with Crippen LogP contribution in [0, 0.1) is 5.82 Å². The van der Waals surface area contributed by atoms with Gasteiger partial charge in [0.1, 0.15) is 11.6 Å². The van der Waals surface area contributed by atoms with E-state index in [2.05, 4.69) is 15.2 Å². The van der Waals surface area contributed by atoms with E-state index in [1.165, 1.54) is 17.6 Å². The highest BCUT2D eigenvalue weighted by Crippen LogP contribution is 2.18. The Hall–Kier alpha value is -2.77. The second-order valence-electron chi connectivity index (χ2n) is 6.24. The maximum atomic E-state index is 13.8. The number of carbonyl (C=O) groups is 1. The molecule has 0 unspecified atom stereocenters. The van der Waals surface area contributed by atoms with Gasteiger partial charge in [0.05, 0.1) is 0 Å². The minimum atomic E-state index is -0.590. The van der Waals surface area contributed by atoms with Crippen molar-refractivity contribution in [3.05, 3.63) is 65.6 Å². The fraction of sp³-hybridized carbons (Fsp3) is 0.263. The lowest BCUT2D eigenvalue weighted by molar-refractivity contribution is -0.124. The van der Waals surface area contributed by atoms with Crippen molar-refractivity contribution in [2.45, 2.75) is 19.0 Å². The molecule has 0 aliphatic carbocycles. The molecule has 26 heavy (non-hydrogen) atoms. The van der Waals surface area contributed by atoms with Crippen LogP contribution < -0.4 is 10.8 Å². The molecule has 3 N–H and O–H groups in total. The summed E-state index contributed by atoms with van der Waals surface area (Å²) < 4.78 is 13.8. The van der Waals surface area contributed by atoms with Crippen molar-refractivity contribution in [3.63, 3.8) is 0 Å². The van der Waals surface area contributed by atoms with Crippen molar-refractivity contribution in [2.75, 3.05) is 18.4 Å². The molecule has 1 aromatic heterocycles. The van der Waals surface area contributed by atoms with E-state index in [4.69, 9.17) is 5.21 Å². The molecule has 1 atom stereocenters. The molecule has 0 spiro atoms. The zero-order valence-electron chi connectivity index (χ0n) is 14.2. The van der Waals surface area contributed by atoms with E-state index in [0.29, 0.717) is 12.1 Å². The number of halogens is 1. The summed E-state index contributed by atoms with van der Waals surface area (Å²) in [7, 11) is 0. The fourth-order valence-electron chi connectivity index (χ4n) is 2.97. The topological polar surface area (TPSA) is 77.5 Å². The zero-order valence-corrected chi connectivity index (χ0v) is 14.2. The molecule has 1 saturated heterocycles. The Morgan fingerprint density at radius 3 is 2.92 bits per heavy atom. The Morgan fingerprint density at radius 1 is 1.35 bits per heavy atom. The van der Waals surface area contributed by atoms with E-state index in [1.54, 1.807) is 18.3 Å². The van der Waals surface area contributed by atoms with Crippen LogP contribution in [0.2, 0.25) is 0 Å². The first-order valence-electron chi connectivity index (χ1n) is 8.44. The highest BCUT2D eigenvalue weighted by Gasteiger charge is 2.23. The molecule has 0 saturated carbocycles. The number of aromatic nitrogens is 1. The predicted octanol–water partition coefficient (Wildman–Crippen LogP) is 2.43. The van der Waals surface area contributed by atoms with Crippen LogP contribution in [0.5, 0.6) is 0 Å². The van der Waals surface area contributed by atoms with Crippen molar-refractivity contribution >= 4 is 17.8 Å². The first kappa shape index (κ1) is 18.0. The van der Waals surface area contributed by atoms with Crippen LogP contribution in [-0.4, -0.2) is 40.1 Å². The molecule has 1 amide bonds. The van der Waals surface area contributed by atoms with Crippen LogP contribution in [0.3, 0.4) is 0 Å². The summed E-state index contributed by atoms with van der Waals surface area (Å²) in [6.45, 7) is 2.34. The fourth-order valence-corrected chi connectivity index (χ4v) is 2.97. The van der Waals surface area contributed by atoms with Gasteiger partial charge in [0.15, 0.2) is 0 Å². The number of nitrogens with one attached hydrogen (secondary N) is 2. The summed E-state index contributed by atoms with van der Waals surface area (Å²) in [6.07, 6.45) is 5.40. The Labute approximate surface area is 151 Å². The third kappa shape index (κ3) is 4.87. The second-order valence-corrected chi connectivity index (χ2v) is 6.24. The van der Waals surface area contributed by atoms with E-state index in [0.717, 1.165) is 30.9 Å². The third-order valence-electron chi connectivity index (χ3n) is 4.30. The number of likely N-dealkylation sites (tertiary alicyclic amines) is 1. The van der Waals surface area contributed by atoms with Crippen LogP contribution in [0.4, 0.5) is 10.2 Å². The highest BCUT2D eigenvalue weighted by molar-refractivity contribution is 5.90. The average Bonchev–Trinajstić information content (AvgIpc) is 3.09. The molecule has 136 valence electrons. The van der Waals surface area contributed by atoms with Crippen molar-refractivity contribution in [1.82, 2.24) is 15.4 Å². The van der Waals surface area contributed by atoms with Crippen molar-refractivity contribution in [2.24, 2.45) is 0 Å². The number of nitrogens with zero attached hydrogens (tertiary/aromatic N) is 2. The zero-order chi connectivity index (χ0) is 18.4. The molecule has 1 fully saturated rings. The second kappa shape index (κ2) is 8.55. The Morgan fingerprint density at radius 2 is 2.19 bits per heavy atom. The molecule has 1 aliphatic rings. The van der Waals surface area contributed by atoms with Gasteiger partial charge in [-0.3, -0.25) is 14.9 Å². The van der Waals surface area contributed by atoms with E-state index in [-0.39, 0.29) is 11.9 Å². The van der Waals surface area contributed by atoms with Gasteiger partial charge in [-0.25, -0.2) is 14.9 Å². The molecule has 6 nitrogen and oxygen atoms in total. The number of benzene rings is 1. The third-order valence-corrected chi connectivity index (χ3v) is 4.30. The minimum Gasteiger partial charge on any atom is -0.366 e. The summed E-state index contributed by atoms with van der Waals surface area (Å²) in [5.74, 6) is 0.00343. The van der Waals surface area contributed by atoms with Gasteiger partial charge in [0.25, 0.3) is 5.91 Å². The minimum absolute atomic E-state index is 0.163. The predicted molar refractivity (Wildman–Crippen MR) is 96.9 cm³/mol. The van der Waals surface area contributed by atoms with Gasteiger partial charge in [-0.05, 0) is 36.3 Å². The van der Waals surface area contributed by atoms with Gasteiger partial charge in [0.2, 0.25) is 0 Å². The first-order valence-corrected chi connectivity index (χ1v) is 8.44. The SMILES string of the molecule is O=C(C=Cc1ccc(N[C@@H]2CCN(Cc3ccccc3F)C2)nc1)NO. The van der Waals surface area contributed by atoms with Crippen LogP contribution in [-0.2, 0) is 11.3 Å². The van der Waals surface area contributed by atoms with Crippen LogP contribution in [0.15, 0.2) is 48.7 Å². The summed E-state index contributed by atoms with van der Waals surface area (Å²) in [4.78, 5) is 17.5. The normalized spacial score (nSPS) is 17.5. The largest absolute Gasteiger partial charge is 0.366 e. The molecule has 0 radical (unpaired) electrons. The van der Waals surface area contributed by atoms with E-state index in [9.17, 15) is 9.18 Å². The van der Waals surface area contributed by atoms with Crippen molar-refractivity contribution < 1.29 is 14.4 Å². The standard InChI is InChI=1S/C19H21FN4O2/c20-17-4-2-1-3-15(17)12-24-10-9-16(13-24)22-18-7-5-14(11-21-18)6-8-19(25)23-26/h1-8,11,16,26H,9-10,12-13H2,(H,21,22)(H,23,25)/t16-/m1/s1. The smallest absolute Gasteiger partial charge is 0.267 e. The molecule has 3 rings (SSSR count). The number of amides is 1. The van der Waals surface area contributed by atoms with Gasteiger partial charge in [-0.2, -0.15) is 0 Å². The Bertz CT molecular complexity index is 779. The molecule has 2 aromatic rings. The van der Waals surface area contributed by atoms with Gasteiger partial charge < -0.3 is 5.32 Å². The molecule has 1 aromatic carbocycles. The average molecular weight is 356 g/mol. The highest BCUT2D eigenvalue weighted by atomic mass is 19.1. The van der Waals surface area contributed by atoms with Gasteiger partial charge in [-0.15, -0.1) is 0 Å². The lowest BCUT2D eigenvalue weighted by atomic mass is 10.2. The van der Waals surface area contributed by atoms with Crippen LogP contribution in [0.1, 0.15) is 17.5 Å². The molecular weight excluding hydrogens is 335 g/mol. The lowest BCUT2D eigenvalue weighted by Crippen LogP contribution is -2.26. The number of carbonyl (C=O) groups excluding carboxylic acids is 1. The van der Waals surface area contributed by atoms with Crippen LogP contribution >= 0.6 is 0 Å². The van der Waals surface area contributed by atoms with E-state index in [1.807, 2.05) is 24.3 Å². The summed E-state index contributed by atoms with van der Waals surface area (Å²) in [5, 5.41) is 11.8. The molecular formula is C19H21FN4O2. The summed E-state index contributed by atoms with van der Waals surface area (Å²) in [5.41, 5.74) is 3.01. The molecule has 0 bridgehead atoms.